The Morgan fingerprint density at radius 3 is 2.71 bits per heavy atom. The van der Waals surface area contributed by atoms with Crippen LogP contribution in [0.15, 0.2) is 26.0 Å². The third kappa shape index (κ3) is 4.88. The first-order valence-electron chi connectivity index (χ1n) is 11.3. The van der Waals surface area contributed by atoms with Crippen LogP contribution < -0.4 is 10.0 Å². The summed E-state index contributed by atoms with van der Waals surface area (Å²) in [6.45, 7) is 4.49. The number of nitrogens with zero attached hydrogens (tertiary/aromatic N) is 2. The van der Waals surface area contributed by atoms with E-state index in [1.807, 2.05) is 0 Å². The molecule has 188 valence electrons. The number of aliphatic hydroxyl groups excluding tert-OH is 1. The van der Waals surface area contributed by atoms with Crippen LogP contribution in [0.5, 0.6) is 0 Å². The summed E-state index contributed by atoms with van der Waals surface area (Å²) in [5.74, 6) is -0.563. The van der Waals surface area contributed by atoms with Crippen LogP contribution in [0.25, 0.3) is 0 Å². The lowest BCUT2D eigenvalue weighted by Gasteiger charge is -2.44. The third-order valence-corrected chi connectivity index (χ3v) is 9.59. The summed E-state index contributed by atoms with van der Waals surface area (Å²) in [6, 6.07) is -0.101. The fourth-order valence-corrected chi connectivity index (χ4v) is 7.79. The number of sulfonamides is 2. The zero-order chi connectivity index (χ0) is 24.8. The zero-order valence-corrected chi connectivity index (χ0v) is 21.8. The van der Waals surface area contributed by atoms with Gasteiger partial charge < -0.3 is 15.3 Å². The monoisotopic (exact) mass is 530 g/mol. The van der Waals surface area contributed by atoms with Gasteiger partial charge >= 0.3 is 0 Å². The molecule has 2 atom stereocenters. The highest BCUT2D eigenvalue weighted by atomic mass is 32.2. The molecule has 1 amide bonds. The largest absolute Gasteiger partial charge is 0.511 e. The van der Waals surface area contributed by atoms with Gasteiger partial charge in [0.2, 0.25) is 10.0 Å². The fraction of sp³-hybridized carbons (Fsp3) is 0.619. The predicted octanol–water partition coefficient (Wildman–Crippen LogP) is 2.57. The first-order valence-corrected chi connectivity index (χ1v) is 15.5. The molecule has 0 saturated heterocycles. The van der Waals surface area contributed by atoms with Crippen molar-refractivity contribution in [1.82, 2.24) is 9.62 Å². The van der Waals surface area contributed by atoms with Crippen LogP contribution in [-0.4, -0.2) is 57.4 Å². The average molecular weight is 531 g/mol. The quantitative estimate of drug-likeness (QED) is 0.491. The van der Waals surface area contributed by atoms with Crippen molar-refractivity contribution in [2.45, 2.75) is 63.4 Å². The van der Waals surface area contributed by atoms with Crippen molar-refractivity contribution < 1.29 is 26.7 Å². The van der Waals surface area contributed by atoms with Crippen LogP contribution in [0.4, 0.5) is 5.00 Å². The van der Waals surface area contributed by atoms with E-state index >= 15 is 0 Å². The molecule has 3 heterocycles. The Morgan fingerprint density at radius 2 is 2.03 bits per heavy atom. The van der Waals surface area contributed by atoms with E-state index in [0.717, 1.165) is 49.7 Å². The minimum absolute atomic E-state index is 0.0923. The fourth-order valence-electron chi connectivity index (χ4n) is 4.77. The summed E-state index contributed by atoms with van der Waals surface area (Å²) in [7, 11) is -7.75. The smallest absolute Gasteiger partial charge is 0.287 e. The van der Waals surface area contributed by atoms with Gasteiger partial charge in [-0.3, -0.25) is 4.79 Å². The number of nitrogens with one attached hydrogen (secondary N) is 2. The Bertz CT molecular complexity index is 1260. The summed E-state index contributed by atoms with van der Waals surface area (Å²) in [5, 5.41) is 15.8. The lowest BCUT2D eigenvalue weighted by Crippen LogP contribution is -2.53. The van der Waals surface area contributed by atoms with E-state index in [1.54, 1.807) is 4.90 Å². The number of amidine groups is 1. The molecule has 34 heavy (non-hydrogen) atoms. The second kappa shape index (κ2) is 9.25. The number of amides is 1. The lowest BCUT2D eigenvalue weighted by molar-refractivity contribution is -0.133. The Labute approximate surface area is 204 Å². The maximum absolute atomic E-state index is 13.6. The Kier molecular flexibility index (Phi) is 6.84. The molecule has 0 aromatic carbocycles. The molecule has 1 aromatic heterocycles. The topological polar surface area (TPSA) is 145 Å². The summed E-state index contributed by atoms with van der Waals surface area (Å²) in [5.41, 5.74) is 0.171. The molecule has 1 saturated carbocycles. The van der Waals surface area contributed by atoms with Crippen LogP contribution in [0.3, 0.4) is 0 Å². The van der Waals surface area contributed by atoms with E-state index in [0.29, 0.717) is 12.5 Å². The Morgan fingerprint density at radius 1 is 1.32 bits per heavy atom. The first kappa shape index (κ1) is 25.1. The van der Waals surface area contributed by atoms with E-state index in [9.17, 15) is 26.7 Å². The molecule has 1 fully saturated rings. The minimum Gasteiger partial charge on any atom is -0.511 e. The molecule has 13 heteroatoms. The minimum atomic E-state index is -4.23. The van der Waals surface area contributed by atoms with Gasteiger partial charge in [0.1, 0.15) is 21.2 Å². The van der Waals surface area contributed by atoms with Gasteiger partial charge in [0.05, 0.1) is 6.26 Å². The molecule has 0 spiro atoms. The van der Waals surface area contributed by atoms with Gasteiger partial charge in [0, 0.05) is 30.6 Å². The van der Waals surface area contributed by atoms with Crippen LogP contribution in [0, 0.1) is 11.8 Å². The van der Waals surface area contributed by atoms with Crippen molar-refractivity contribution >= 4 is 48.1 Å². The molecule has 4 rings (SSSR count). The summed E-state index contributed by atoms with van der Waals surface area (Å²) >= 11 is 1.08. The molecule has 3 N–H and O–H groups in total. The van der Waals surface area contributed by atoms with E-state index in [1.165, 1.54) is 5.38 Å². The Hall–Kier alpha value is -1.96. The van der Waals surface area contributed by atoms with Crippen molar-refractivity contribution in [2.75, 3.05) is 18.1 Å². The zero-order valence-electron chi connectivity index (χ0n) is 19.4. The molecule has 3 aliphatic rings. The van der Waals surface area contributed by atoms with E-state index in [4.69, 9.17) is 0 Å². The summed E-state index contributed by atoms with van der Waals surface area (Å²) in [6.07, 6.45) is 5.21. The number of fused-ring (bicyclic) bond motifs is 2. The summed E-state index contributed by atoms with van der Waals surface area (Å²) < 4.78 is 55.3. The van der Waals surface area contributed by atoms with Gasteiger partial charge in [-0.1, -0.05) is 26.7 Å². The van der Waals surface area contributed by atoms with Crippen molar-refractivity contribution in [2.24, 2.45) is 16.2 Å². The Balaban J connectivity index is 1.71. The van der Waals surface area contributed by atoms with E-state index in [2.05, 4.69) is 28.3 Å². The molecule has 10 nitrogen and oxygen atoms in total. The first-order chi connectivity index (χ1) is 15.9. The van der Waals surface area contributed by atoms with Crippen molar-refractivity contribution in [1.29, 1.82) is 0 Å². The summed E-state index contributed by atoms with van der Waals surface area (Å²) in [4.78, 5) is 15.2. The molecule has 0 bridgehead atoms. The van der Waals surface area contributed by atoms with Gasteiger partial charge in [-0.15, -0.1) is 15.7 Å². The number of rotatable bonds is 7. The molecule has 0 radical (unpaired) electrons. The standard InChI is InChI=1S/C21H30N4O6S3/c1-12(2)8-9-25-15-7-5-4-6-14(15)17(26)16(21(25)27)19-23-20-18(34(30,31)24-19)13(11-32-20)10-22-33(3,28)29/h11-12,14-15,22,26H,4-10H2,1-3H3,(H,23,24)/t14-,15+/m0/s1. The molecular formula is C21H30N4O6S3. The number of hydrogen-bond acceptors (Lipinski definition) is 8. The number of carbonyl (C=O) groups excluding carboxylic acids is 1. The molecular weight excluding hydrogens is 500 g/mol. The second-order valence-corrected chi connectivity index (χ2v) is 13.7. The predicted molar refractivity (Wildman–Crippen MR) is 131 cm³/mol. The number of carbonyl (C=O) groups is 1. The van der Waals surface area contributed by atoms with Crippen molar-refractivity contribution in [3.05, 3.63) is 22.3 Å². The van der Waals surface area contributed by atoms with Gasteiger partial charge in [-0.25, -0.2) is 13.1 Å². The maximum atomic E-state index is 13.6. The second-order valence-electron chi connectivity index (χ2n) is 9.45. The van der Waals surface area contributed by atoms with Crippen molar-refractivity contribution in [3.8, 4) is 0 Å². The molecule has 1 aromatic rings. The van der Waals surface area contributed by atoms with Crippen LogP contribution in [0.1, 0.15) is 51.5 Å². The highest BCUT2D eigenvalue weighted by molar-refractivity contribution is 7.91. The van der Waals surface area contributed by atoms with Crippen LogP contribution in [-0.2, 0) is 31.4 Å². The number of anilines is 1. The number of thiophene rings is 1. The van der Waals surface area contributed by atoms with Crippen molar-refractivity contribution in [3.63, 3.8) is 0 Å². The van der Waals surface area contributed by atoms with Gasteiger partial charge in [-0.05, 0) is 30.6 Å². The maximum Gasteiger partial charge on any atom is 0.287 e. The number of hydrogen-bond donors (Lipinski definition) is 3. The highest BCUT2D eigenvalue weighted by Crippen LogP contribution is 2.42. The van der Waals surface area contributed by atoms with Gasteiger partial charge in [-0.2, -0.15) is 8.42 Å². The normalized spacial score (nSPS) is 24.5. The van der Waals surface area contributed by atoms with Crippen LogP contribution >= 0.6 is 11.3 Å². The van der Waals surface area contributed by atoms with Gasteiger partial charge in [0.15, 0.2) is 5.84 Å². The van der Waals surface area contributed by atoms with Crippen LogP contribution in [0.2, 0.25) is 0 Å². The third-order valence-electron chi connectivity index (χ3n) is 6.44. The molecule has 0 unspecified atom stereocenters. The van der Waals surface area contributed by atoms with E-state index in [-0.39, 0.29) is 51.1 Å². The lowest BCUT2D eigenvalue weighted by atomic mass is 9.78. The average Bonchev–Trinajstić information content (AvgIpc) is 3.15. The number of aliphatic hydroxyl groups is 1. The highest BCUT2D eigenvalue weighted by Gasteiger charge is 2.45. The molecule has 2 aliphatic heterocycles. The van der Waals surface area contributed by atoms with Gasteiger partial charge in [0.25, 0.3) is 15.9 Å². The SMILES string of the molecule is CC(C)CCN1C(=O)C(C2=NS(=O)(=O)c3c(CNS(C)(=O)=O)csc3N2)=C(O)[C@H]2CCCC[C@H]21. The molecule has 1 aliphatic carbocycles. The van der Waals surface area contributed by atoms with E-state index < -0.39 is 26.0 Å².